The zero-order chi connectivity index (χ0) is 16.1. The first-order valence-electron chi connectivity index (χ1n) is 6.78. The van der Waals surface area contributed by atoms with E-state index in [0.29, 0.717) is 23.1 Å². The maximum atomic E-state index is 6.19. The zero-order valence-corrected chi connectivity index (χ0v) is 14.5. The molecule has 0 atom stereocenters. The average molecular weight is 340 g/mol. The predicted molar refractivity (Wildman–Crippen MR) is 92.0 cm³/mol. The molecule has 5 nitrogen and oxygen atoms in total. The minimum absolute atomic E-state index is 0.482. The van der Waals surface area contributed by atoms with Gasteiger partial charge >= 0.3 is 0 Å². The van der Waals surface area contributed by atoms with Crippen LogP contribution in [0.2, 0.25) is 5.02 Å². The van der Waals surface area contributed by atoms with Crippen LogP contribution in [0.4, 0.5) is 5.13 Å². The number of hydrogen-bond donors (Lipinski definition) is 1. The first-order chi connectivity index (χ1) is 10.5. The van der Waals surface area contributed by atoms with E-state index in [1.54, 1.807) is 30.7 Å². The van der Waals surface area contributed by atoms with E-state index in [4.69, 9.17) is 21.1 Å². The molecule has 0 spiro atoms. The second-order valence-corrected chi connectivity index (χ2v) is 6.11. The van der Waals surface area contributed by atoms with Crippen molar-refractivity contribution in [2.75, 3.05) is 19.1 Å². The van der Waals surface area contributed by atoms with Crippen LogP contribution in [0.5, 0.6) is 11.5 Å². The standard InChI is InChI=1S/C15H18ClN3O2S/c1-5-21-13-7-11(6-12(16)14(13)20-4)8-17-19-15-18-9(2)10(3)22-15/h6-8H,5H2,1-4H3,(H,18,19)/b17-8-. The van der Waals surface area contributed by atoms with Crippen LogP contribution in [0.1, 0.15) is 23.1 Å². The van der Waals surface area contributed by atoms with Crippen molar-refractivity contribution in [2.45, 2.75) is 20.8 Å². The molecular formula is C15H18ClN3O2S. The Morgan fingerprint density at radius 2 is 2.18 bits per heavy atom. The first-order valence-corrected chi connectivity index (χ1v) is 7.98. The quantitative estimate of drug-likeness (QED) is 0.631. The lowest BCUT2D eigenvalue weighted by Crippen LogP contribution is -1.98. The van der Waals surface area contributed by atoms with Crippen molar-refractivity contribution in [3.05, 3.63) is 33.3 Å². The number of aromatic nitrogens is 1. The Morgan fingerprint density at radius 3 is 2.77 bits per heavy atom. The van der Waals surface area contributed by atoms with Crippen LogP contribution in [-0.4, -0.2) is 24.9 Å². The third-order valence-electron chi connectivity index (χ3n) is 2.94. The molecule has 118 valence electrons. The summed E-state index contributed by atoms with van der Waals surface area (Å²) < 4.78 is 10.8. The molecule has 0 radical (unpaired) electrons. The summed E-state index contributed by atoms with van der Waals surface area (Å²) in [7, 11) is 1.56. The molecule has 1 aromatic carbocycles. The Balaban J connectivity index is 2.16. The molecule has 0 amide bonds. The zero-order valence-electron chi connectivity index (χ0n) is 12.9. The third-order valence-corrected chi connectivity index (χ3v) is 4.20. The van der Waals surface area contributed by atoms with Gasteiger partial charge in [0.15, 0.2) is 11.5 Å². The second-order valence-electron chi connectivity index (χ2n) is 4.50. The van der Waals surface area contributed by atoms with E-state index >= 15 is 0 Å². The van der Waals surface area contributed by atoms with Crippen molar-refractivity contribution in [3.63, 3.8) is 0 Å². The summed E-state index contributed by atoms with van der Waals surface area (Å²) in [4.78, 5) is 5.53. The lowest BCUT2D eigenvalue weighted by molar-refractivity contribution is 0.311. The number of halogens is 1. The number of methoxy groups -OCH3 is 1. The number of rotatable bonds is 6. The van der Waals surface area contributed by atoms with Gasteiger partial charge in [0, 0.05) is 4.88 Å². The van der Waals surface area contributed by atoms with Crippen LogP contribution < -0.4 is 14.9 Å². The Bertz CT molecular complexity index is 666. The van der Waals surface area contributed by atoms with Crippen molar-refractivity contribution >= 4 is 34.3 Å². The van der Waals surface area contributed by atoms with Crippen LogP contribution in [0.25, 0.3) is 0 Å². The van der Waals surface area contributed by atoms with Crippen molar-refractivity contribution in [1.29, 1.82) is 0 Å². The van der Waals surface area contributed by atoms with Crippen molar-refractivity contribution in [1.82, 2.24) is 4.98 Å². The number of thiazole rings is 1. The van der Waals surface area contributed by atoms with Gasteiger partial charge in [-0.2, -0.15) is 5.10 Å². The molecule has 1 heterocycles. The van der Waals surface area contributed by atoms with Gasteiger partial charge in [-0.3, -0.25) is 5.43 Å². The number of hydrogen-bond acceptors (Lipinski definition) is 6. The van der Waals surface area contributed by atoms with Crippen LogP contribution in [0.15, 0.2) is 17.2 Å². The molecule has 1 N–H and O–H groups in total. The molecular weight excluding hydrogens is 322 g/mol. The smallest absolute Gasteiger partial charge is 0.203 e. The van der Waals surface area contributed by atoms with Gasteiger partial charge in [-0.1, -0.05) is 11.6 Å². The molecule has 0 fully saturated rings. The maximum absolute atomic E-state index is 6.19. The van der Waals surface area contributed by atoms with Gasteiger partial charge in [-0.05, 0) is 38.5 Å². The number of nitrogens with zero attached hydrogens (tertiary/aromatic N) is 2. The fourth-order valence-corrected chi connectivity index (χ4v) is 2.87. The molecule has 0 aliphatic rings. The third kappa shape index (κ3) is 3.90. The van der Waals surface area contributed by atoms with Gasteiger partial charge in [-0.15, -0.1) is 11.3 Å². The number of nitrogens with one attached hydrogen (secondary N) is 1. The summed E-state index contributed by atoms with van der Waals surface area (Å²) in [6.07, 6.45) is 1.67. The molecule has 0 bridgehead atoms. The van der Waals surface area contributed by atoms with Gasteiger partial charge in [0.2, 0.25) is 5.13 Å². The van der Waals surface area contributed by atoms with E-state index in [2.05, 4.69) is 15.5 Å². The number of ether oxygens (including phenoxy) is 2. The molecule has 0 aliphatic carbocycles. The molecule has 0 aliphatic heterocycles. The summed E-state index contributed by atoms with van der Waals surface area (Å²) in [5.41, 5.74) is 4.74. The highest BCUT2D eigenvalue weighted by Gasteiger charge is 2.10. The Morgan fingerprint density at radius 1 is 1.41 bits per heavy atom. The van der Waals surface area contributed by atoms with Crippen LogP contribution in [0.3, 0.4) is 0 Å². The summed E-state index contributed by atoms with van der Waals surface area (Å²) in [6.45, 7) is 6.43. The number of anilines is 1. The van der Waals surface area contributed by atoms with E-state index in [9.17, 15) is 0 Å². The van der Waals surface area contributed by atoms with Crippen molar-refractivity contribution < 1.29 is 9.47 Å². The summed E-state index contributed by atoms with van der Waals surface area (Å²) in [5, 5.41) is 5.42. The predicted octanol–water partition coefficient (Wildman–Crippen LogP) is 4.27. The van der Waals surface area contributed by atoms with Crippen molar-refractivity contribution in [3.8, 4) is 11.5 Å². The Hall–Kier alpha value is -1.79. The fraction of sp³-hybridized carbons (Fsp3) is 0.333. The molecule has 0 saturated heterocycles. The average Bonchev–Trinajstić information content (AvgIpc) is 2.78. The molecule has 22 heavy (non-hydrogen) atoms. The molecule has 2 aromatic rings. The molecule has 1 aromatic heterocycles. The van der Waals surface area contributed by atoms with Gasteiger partial charge in [0.25, 0.3) is 0 Å². The maximum Gasteiger partial charge on any atom is 0.203 e. The SMILES string of the molecule is CCOc1cc(/C=N\Nc2nc(C)c(C)s2)cc(Cl)c1OC. The number of aryl methyl sites for hydroxylation is 2. The minimum atomic E-state index is 0.482. The summed E-state index contributed by atoms with van der Waals surface area (Å²) >= 11 is 7.76. The van der Waals surface area contributed by atoms with Crippen molar-refractivity contribution in [2.24, 2.45) is 5.10 Å². The van der Waals surface area contributed by atoms with Crippen LogP contribution in [0, 0.1) is 13.8 Å². The normalized spacial score (nSPS) is 11.0. The lowest BCUT2D eigenvalue weighted by Gasteiger charge is -2.11. The van der Waals surface area contributed by atoms with Gasteiger partial charge in [-0.25, -0.2) is 4.98 Å². The summed E-state index contributed by atoms with van der Waals surface area (Å²) in [6, 6.07) is 3.60. The highest BCUT2D eigenvalue weighted by molar-refractivity contribution is 7.15. The molecule has 7 heteroatoms. The summed E-state index contributed by atoms with van der Waals surface area (Å²) in [5.74, 6) is 1.12. The van der Waals surface area contributed by atoms with E-state index in [-0.39, 0.29) is 0 Å². The van der Waals surface area contributed by atoms with Crippen LogP contribution >= 0.6 is 22.9 Å². The number of hydrazone groups is 1. The fourth-order valence-electron chi connectivity index (χ4n) is 1.81. The van der Waals surface area contributed by atoms with Gasteiger partial charge < -0.3 is 9.47 Å². The molecule has 0 unspecified atom stereocenters. The highest BCUT2D eigenvalue weighted by Crippen LogP contribution is 2.35. The topological polar surface area (TPSA) is 55.7 Å². The van der Waals surface area contributed by atoms with E-state index in [0.717, 1.165) is 16.4 Å². The number of benzene rings is 1. The van der Waals surface area contributed by atoms with E-state index in [1.165, 1.54) is 4.88 Å². The second kappa shape index (κ2) is 7.47. The van der Waals surface area contributed by atoms with Gasteiger partial charge in [0.05, 0.1) is 30.6 Å². The van der Waals surface area contributed by atoms with E-state index < -0.39 is 0 Å². The molecule has 2 rings (SSSR count). The Labute approximate surface area is 138 Å². The Kier molecular flexibility index (Phi) is 5.63. The first kappa shape index (κ1) is 16.6. The lowest BCUT2D eigenvalue weighted by atomic mass is 10.2. The monoisotopic (exact) mass is 339 g/mol. The van der Waals surface area contributed by atoms with Gasteiger partial charge in [0.1, 0.15) is 0 Å². The van der Waals surface area contributed by atoms with Crippen LogP contribution in [-0.2, 0) is 0 Å². The molecule has 0 saturated carbocycles. The largest absolute Gasteiger partial charge is 0.491 e. The van der Waals surface area contributed by atoms with E-state index in [1.807, 2.05) is 26.8 Å². The highest BCUT2D eigenvalue weighted by atomic mass is 35.5. The minimum Gasteiger partial charge on any atom is -0.491 e.